The first-order valence-corrected chi connectivity index (χ1v) is 14.4. The number of aromatic hydroxyl groups is 1. The number of carboxylic acids is 2. The Morgan fingerprint density at radius 3 is 2.40 bits per heavy atom. The molecule has 0 radical (unpaired) electrons. The summed E-state index contributed by atoms with van der Waals surface area (Å²) in [5.41, 5.74) is -0.434. The molecule has 1 spiro atoms. The van der Waals surface area contributed by atoms with E-state index in [0.29, 0.717) is 44.5 Å². The third kappa shape index (κ3) is 4.13. The smallest absolute Gasteiger partial charge is 0.335 e. The van der Waals surface area contributed by atoms with Gasteiger partial charge in [-0.2, -0.15) is 0 Å². The van der Waals surface area contributed by atoms with Crippen LogP contribution in [0, 0.1) is 5.82 Å². The van der Waals surface area contributed by atoms with Crippen molar-refractivity contribution >= 4 is 23.8 Å². The Kier molecular flexibility index (Phi) is 7.23. The molecular weight excluding hydrogens is 595 g/mol. The molecule has 2 aromatic carbocycles. The van der Waals surface area contributed by atoms with Crippen LogP contribution in [0.25, 0.3) is 0 Å². The number of phenols is 1. The predicted molar refractivity (Wildman–Crippen MR) is 150 cm³/mol. The van der Waals surface area contributed by atoms with E-state index in [1.807, 2.05) is 12.1 Å². The highest BCUT2D eigenvalue weighted by Crippen LogP contribution is 2.66. The number of hydrogen-bond donors (Lipinski definition) is 6. The van der Waals surface area contributed by atoms with Crippen LogP contribution in [0.3, 0.4) is 0 Å². The van der Waals surface area contributed by atoms with Gasteiger partial charge in [-0.15, -0.1) is 6.58 Å². The number of imide groups is 1. The van der Waals surface area contributed by atoms with Crippen LogP contribution in [-0.2, 0) is 21.4 Å². The fraction of sp³-hybridized carbons (Fsp3) is 0.419. The number of piperidine rings is 1. The maximum absolute atomic E-state index is 14.6. The standard InChI is InChI=1S/C27H25FN2O5.C4H6O6/c1-2-11-29-12-10-26-21-14-6-7-18(31)22(21)35-23(26)17(8-9-27(26,34)19(29)13-14)30-24(32)15-4-3-5-16(28)20(15)25(30)33;5-1(3(7)8)2(6)4(9)10/h2-7,17,19,23,31,34H,1,8-13H2;1-2,5-6H,(H,7,8)(H,9,10)/t17-,19-,23+,26+,27-;/m1./s1. The monoisotopic (exact) mass is 626 g/mol. The van der Waals surface area contributed by atoms with E-state index in [1.165, 1.54) is 18.2 Å². The molecule has 2 bridgehead atoms. The van der Waals surface area contributed by atoms with E-state index in [9.17, 15) is 33.8 Å². The lowest BCUT2D eigenvalue weighted by Crippen LogP contribution is -2.78. The second-order valence-corrected chi connectivity index (χ2v) is 12.0. The zero-order chi connectivity index (χ0) is 32.6. The summed E-state index contributed by atoms with van der Waals surface area (Å²) < 4.78 is 21.0. The number of hydrogen-bond acceptors (Lipinski definition) is 10. The average Bonchev–Trinajstić information content (AvgIpc) is 3.48. The molecule has 238 valence electrons. The number of ether oxygens (including phenoxy) is 1. The van der Waals surface area contributed by atoms with E-state index >= 15 is 0 Å². The summed E-state index contributed by atoms with van der Waals surface area (Å²) in [6, 6.07) is 6.66. The van der Waals surface area contributed by atoms with Gasteiger partial charge in [-0.05, 0) is 56.0 Å². The third-order valence-electron chi connectivity index (χ3n) is 9.94. The number of amides is 2. The number of carbonyl (C=O) groups is 4. The Hall–Kier alpha value is -4.37. The van der Waals surface area contributed by atoms with Gasteiger partial charge in [0.25, 0.3) is 11.8 Å². The lowest BCUT2D eigenvalue weighted by atomic mass is 9.48. The highest BCUT2D eigenvalue weighted by Gasteiger charge is 2.74. The van der Waals surface area contributed by atoms with Crippen LogP contribution in [0.1, 0.15) is 51.1 Å². The summed E-state index contributed by atoms with van der Waals surface area (Å²) in [5, 5.41) is 55.7. The molecule has 1 saturated carbocycles. The SMILES string of the molecule is C=CCN1CC[C@]23c4c5ccc(O)c4O[C@H]2[C@H](N2C(=O)c4cccc(F)c4C2=O)CC[C@@]3(O)[C@H]1C5.O=C(O)C(O)C(O)C(=O)O. The fourth-order valence-electron chi connectivity index (χ4n) is 8.09. The van der Waals surface area contributed by atoms with Gasteiger partial charge in [0.05, 0.1) is 28.2 Å². The first kappa shape index (κ1) is 30.6. The van der Waals surface area contributed by atoms with E-state index in [0.717, 1.165) is 16.0 Å². The maximum Gasteiger partial charge on any atom is 0.335 e. The van der Waals surface area contributed by atoms with Gasteiger partial charge >= 0.3 is 11.9 Å². The Balaban J connectivity index is 0.000000311. The number of benzene rings is 2. The molecular formula is C31H31FN2O11. The Morgan fingerprint density at radius 1 is 1.09 bits per heavy atom. The zero-order valence-corrected chi connectivity index (χ0v) is 23.8. The highest BCUT2D eigenvalue weighted by molar-refractivity contribution is 6.21. The summed E-state index contributed by atoms with van der Waals surface area (Å²) in [4.78, 5) is 49.7. The summed E-state index contributed by atoms with van der Waals surface area (Å²) >= 11 is 0. The van der Waals surface area contributed by atoms with Gasteiger partial charge in [0.2, 0.25) is 0 Å². The van der Waals surface area contributed by atoms with Crippen LogP contribution < -0.4 is 4.74 Å². The summed E-state index contributed by atoms with van der Waals surface area (Å²) in [6.45, 7) is 5.19. The normalized spacial score (nSPS) is 30.3. The van der Waals surface area contributed by atoms with Crippen LogP contribution in [0.15, 0.2) is 43.0 Å². The maximum atomic E-state index is 14.6. The molecule has 7 rings (SSSR count). The molecule has 1 saturated heterocycles. The molecule has 7 atom stereocenters. The van der Waals surface area contributed by atoms with Crippen molar-refractivity contribution in [2.24, 2.45) is 0 Å². The van der Waals surface area contributed by atoms with Crippen molar-refractivity contribution < 1.29 is 58.9 Å². The average molecular weight is 627 g/mol. The van der Waals surface area contributed by atoms with Crippen molar-refractivity contribution in [3.05, 3.63) is 71.1 Å². The Bertz CT molecular complexity index is 1630. The van der Waals surface area contributed by atoms with Crippen molar-refractivity contribution in [1.82, 2.24) is 9.80 Å². The lowest BCUT2D eigenvalue weighted by Gasteiger charge is -2.64. The molecule has 2 amide bonds. The van der Waals surface area contributed by atoms with Crippen LogP contribution >= 0.6 is 0 Å². The topological polar surface area (TPSA) is 205 Å². The number of fused-ring (bicyclic) bond motifs is 1. The second-order valence-electron chi connectivity index (χ2n) is 12.0. The van der Waals surface area contributed by atoms with Crippen molar-refractivity contribution in [3.63, 3.8) is 0 Å². The summed E-state index contributed by atoms with van der Waals surface area (Å²) in [7, 11) is 0. The largest absolute Gasteiger partial charge is 0.504 e. The molecule has 14 heteroatoms. The molecule has 2 aromatic rings. The zero-order valence-electron chi connectivity index (χ0n) is 23.8. The fourth-order valence-corrected chi connectivity index (χ4v) is 8.09. The van der Waals surface area contributed by atoms with E-state index in [4.69, 9.17) is 25.2 Å². The first-order valence-electron chi connectivity index (χ1n) is 14.4. The lowest BCUT2D eigenvalue weighted by molar-refractivity contribution is -0.194. The van der Waals surface area contributed by atoms with Gasteiger partial charge in [-0.1, -0.05) is 18.2 Å². The van der Waals surface area contributed by atoms with E-state index in [2.05, 4.69) is 11.5 Å². The van der Waals surface area contributed by atoms with Crippen LogP contribution in [0.5, 0.6) is 11.5 Å². The molecule has 6 N–H and O–H groups in total. The van der Waals surface area contributed by atoms with Gasteiger partial charge in [0.1, 0.15) is 11.9 Å². The van der Waals surface area contributed by atoms with E-state index in [-0.39, 0.29) is 22.9 Å². The van der Waals surface area contributed by atoms with Crippen molar-refractivity contribution in [2.45, 2.75) is 67.1 Å². The number of carbonyl (C=O) groups excluding carboxylic acids is 2. The molecule has 5 aliphatic rings. The molecule has 13 nitrogen and oxygen atoms in total. The molecule has 0 aromatic heterocycles. The summed E-state index contributed by atoms with van der Waals surface area (Å²) in [6.07, 6.45) is -1.64. The van der Waals surface area contributed by atoms with Gasteiger partial charge in [-0.25, -0.2) is 14.0 Å². The minimum absolute atomic E-state index is 0.0194. The molecule has 2 unspecified atom stereocenters. The molecule has 2 fully saturated rings. The Labute approximate surface area is 255 Å². The molecule has 3 heterocycles. The number of phenolic OH excluding ortho intramolecular Hbond substituents is 1. The van der Waals surface area contributed by atoms with Crippen LogP contribution in [0.4, 0.5) is 4.39 Å². The van der Waals surface area contributed by atoms with E-state index < -0.39 is 64.9 Å². The number of halogens is 1. The van der Waals surface area contributed by atoms with Gasteiger partial charge in [0, 0.05) is 18.2 Å². The van der Waals surface area contributed by atoms with Crippen molar-refractivity contribution in [1.29, 1.82) is 0 Å². The van der Waals surface area contributed by atoms with Crippen molar-refractivity contribution in [3.8, 4) is 11.5 Å². The van der Waals surface area contributed by atoms with Crippen LogP contribution in [0.2, 0.25) is 0 Å². The van der Waals surface area contributed by atoms with Gasteiger partial charge < -0.3 is 35.4 Å². The highest BCUT2D eigenvalue weighted by atomic mass is 19.1. The minimum Gasteiger partial charge on any atom is -0.504 e. The number of aliphatic hydroxyl groups is 3. The first-order chi connectivity index (χ1) is 21.3. The van der Waals surface area contributed by atoms with Gasteiger partial charge in [-0.3, -0.25) is 19.4 Å². The predicted octanol–water partition coefficient (Wildman–Crippen LogP) is 0.414. The van der Waals surface area contributed by atoms with Crippen molar-refractivity contribution in [2.75, 3.05) is 13.1 Å². The Morgan fingerprint density at radius 2 is 1.78 bits per heavy atom. The molecule has 3 aliphatic heterocycles. The molecule has 45 heavy (non-hydrogen) atoms. The summed E-state index contributed by atoms with van der Waals surface area (Å²) in [5.74, 6) is -5.16. The quantitative estimate of drug-likeness (QED) is 0.191. The van der Waals surface area contributed by atoms with Crippen LogP contribution in [-0.4, -0.2) is 113 Å². The number of likely N-dealkylation sites (tertiary alicyclic amines) is 1. The number of aliphatic carboxylic acids is 2. The minimum atomic E-state index is -2.27. The molecule has 2 aliphatic carbocycles. The second kappa shape index (κ2) is 10.6. The number of carboxylic acid groups (broad SMARTS) is 2. The van der Waals surface area contributed by atoms with E-state index in [1.54, 1.807) is 6.07 Å². The number of rotatable bonds is 6. The third-order valence-corrected chi connectivity index (χ3v) is 9.94. The number of aliphatic hydroxyl groups excluding tert-OH is 2. The number of nitrogens with zero attached hydrogens (tertiary/aromatic N) is 2. The van der Waals surface area contributed by atoms with Gasteiger partial charge in [0.15, 0.2) is 23.7 Å².